The topological polar surface area (TPSA) is 174 Å². The van der Waals surface area contributed by atoms with Gasteiger partial charge in [-0.1, -0.05) is 176 Å². The molecule has 517 valence electrons. The average Bonchev–Trinajstić information content (AvgIpc) is 1.69. The summed E-state index contributed by atoms with van der Waals surface area (Å²) >= 11 is 4.12. The lowest BCUT2D eigenvalue weighted by molar-refractivity contribution is -0.144. The molecule has 12 rings (SSSR count). The van der Waals surface area contributed by atoms with Gasteiger partial charge in [-0.05, 0) is 148 Å². The number of amides is 1. The molecule has 0 aliphatic carbocycles. The summed E-state index contributed by atoms with van der Waals surface area (Å²) in [5.74, 6) is 6.45. The minimum Gasteiger partial charge on any atom is -0.466 e. The summed E-state index contributed by atoms with van der Waals surface area (Å²) in [6.45, 7) is 8.79. The zero-order chi connectivity index (χ0) is 68.7. The zero-order valence-electron chi connectivity index (χ0n) is 57.2. The zero-order valence-corrected chi connectivity index (χ0v) is 60.2. The fraction of sp³-hybridized carbons (Fsp3) is 0.350. The number of ether oxygens (including phenoxy) is 6. The predicted molar refractivity (Wildman–Crippen MR) is 408 cm³/mol. The molecule has 0 fully saturated rings. The normalized spacial score (nSPS) is 12.0. The second-order valence-corrected chi connectivity index (χ2v) is 25.1. The highest BCUT2D eigenvalue weighted by molar-refractivity contribution is 14.1. The summed E-state index contributed by atoms with van der Waals surface area (Å²) in [6, 6.07) is 63.5. The molecule has 98 heavy (non-hydrogen) atoms. The van der Waals surface area contributed by atoms with E-state index in [1.165, 1.54) is 34.0 Å². The minimum atomic E-state index is -0.329. The van der Waals surface area contributed by atoms with Crippen molar-refractivity contribution in [2.75, 3.05) is 70.3 Å². The number of fused-ring (bicyclic) bond motifs is 8. The first kappa shape index (κ1) is 78.5. The van der Waals surface area contributed by atoms with Crippen LogP contribution in [0, 0.1) is 0 Å². The molecule has 3 radical (unpaired) electrons. The Balaban J connectivity index is 0.000000196. The molecule has 15 nitrogen and oxygen atoms in total. The molecule has 0 spiro atoms. The van der Waals surface area contributed by atoms with E-state index < -0.39 is 0 Å². The number of Topliss-reactive ketones (excluding diaryl/α,β-unsaturated/α-hetero) is 1. The number of alkyl halides is 1. The van der Waals surface area contributed by atoms with Crippen LogP contribution in [0.4, 0.5) is 22.7 Å². The number of hydrogen-bond donors (Lipinski definition) is 3. The summed E-state index contributed by atoms with van der Waals surface area (Å²) < 4.78 is 34.8. The van der Waals surface area contributed by atoms with Gasteiger partial charge in [0.05, 0.1) is 41.5 Å². The van der Waals surface area contributed by atoms with Crippen LogP contribution >= 0.6 is 34.4 Å². The molecule has 3 N–H and O–H groups in total. The quantitative estimate of drug-likeness (QED) is 0.0181. The Hall–Kier alpha value is -8.46. The summed E-state index contributed by atoms with van der Waals surface area (Å²) in [5, 5.41) is 14.9. The summed E-state index contributed by atoms with van der Waals surface area (Å²) in [6.07, 6.45) is 18.5. The highest BCUT2D eigenvalue weighted by atomic mass is 127. The number of carbonyl (C=O) groups is 4. The third-order valence-electron chi connectivity index (χ3n) is 15.8. The molecule has 0 saturated carbocycles. The molecule has 0 atom stereocenters. The first-order valence-electron chi connectivity index (χ1n) is 33.9. The van der Waals surface area contributed by atoms with Gasteiger partial charge in [0, 0.05) is 77.1 Å². The van der Waals surface area contributed by atoms with Crippen LogP contribution in [0.15, 0.2) is 194 Å². The van der Waals surface area contributed by atoms with Crippen LogP contribution in [0.25, 0.3) is 0 Å². The summed E-state index contributed by atoms with van der Waals surface area (Å²) in [7, 11) is 0. The van der Waals surface area contributed by atoms with Gasteiger partial charge in [0.15, 0.2) is 28.8 Å². The first-order chi connectivity index (χ1) is 47.5. The van der Waals surface area contributed by atoms with Gasteiger partial charge >= 0.3 is 11.9 Å². The van der Waals surface area contributed by atoms with Gasteiger partial charge < -0.3 is 54.0 Å². The smallest absolute Gasteiger partial charge is 0.305 e. The van der Waals surface area contributed by atoms with Crippen LogP contribution in [-0.4, -0.2) is 87.0 Å². The standard InChI is InChI=1S/C22H27NO3.C21H25NO3.C13H9NO2.C13H11NO.C9H17IO2.C2H6S.B/c1-2-25-22(24)15-5-3-4-10-16-23-17-18-11-6-8-13-20(18)26-21-14-9-7-12-19(21)23;23-16-18(24)10-3-1-2-8-14-22-15-17-9-4-6-12-20(17)25-21-13-7-5-11-19(21)22;15-13-9-5-1-3-7-11(9)16-12-8-4-2-6-10(12)14-13;1-3-7-12-10(5-1)9-14-11-6-2-4-8-13(11)15-12;1-2-12-9(11)7-5-3-4-6-8-10;1-3-2;/h6-9,11-14H,2-5,10,15-17H2,1H3;4-7,9,11-13,23H,1-3,8,10,14-16H2;1-8H,(H,14,15);1-8,14H,9H2;2-8H2,1H3;1-2H3;. The summed E-state index contributed by atoms with van der Waals surface area (Å²) in [4.78, 5) is 50.0. The second-order valence-electron chi connectivity index (χ2n) is 23.2. The van der Waals surface area contributed by atoms with Crippen molar-refractivity contribution in [1.29, 1.82) is 0 Å². The Labute approximate surface area is 600 Å². The number of unbranched alkanes of at least 4 members (excludes halogenated alkanes) is 9. The Morgan fingerprint density at radius 1 is 0.459 bits per heavy atom. The van der Waals surface area contributed by atoms with Crippen molar-refractivity contribution in [2.45, 2.75) is 130 Å². The number of halogens is 1. The maximum absolute atomic E-state index is 11.9. The van der Waals surface area contributed by atoms with E-state index in [2.05, 4.69) is 91.6 Å². The van der Waals surface area contributed by atoms with E-state index in [9.17, 15) is 19.2 Å². The van der Waals surface area contributed by atoms with E-state index in [0.717, 1.165) is 148 Å². The molecular weight excluding hydrogens is 1360 g/mol. The fourth-order valence-corrected chi connectivity index (χ4v) is 11.5. The number of rotatable bonds is 23. The van der Waals surface area contributed by atoms with Crippen LogP contribution in [0.1, 0.15) is 137 Å². The van der Waals surface area contributed by atoms with Crippen LogP contribution in [-0.2, 0) is 43.5 Å². The fourth-order valence-electron chi connectivity index (χ4n) is 10.9. The number of ketones is 1. The Morgan fingerprint density at radius 3 is 1.33 bits per heavy atom. The van der Waals surface area contributed by atoms with Gasteiger partial charge in [0.1, 0.15) is 29.6 Å². The molecule has 0 aromatic heterocycles. The molecule has 8 aromatic carbocycles. The molecule has 0 saturated heterocycles. The summed E-state index contributed by atoms with van der Waals surface area (Å²) in [5.41, 5.74) is 8.19. The molecule has 18 heteroatoms. The van der Waals surface area contributed by atoms with Gasteiger partial charge in [0.25, 0.3) is 5.91 Å². The van der Waals surface area contributed by atoms with Crippen molar-refractivity contribution in [1.82, 2.24) is 0 Å². The number of para-hydroxylation sites is 12. The lowest BCUT2D eigenvalue weighted by Crippen LogP contribution is -2.23. The van der Waals surface area contributed by atoms with Crippen LogP contribution in [0.3, 0.4) is 0 Å². The largest absolute Gasteiger partial charge is 0.466 e. The number of esters is 2. The van der Waals surface area contributed by atoms with Crippen molar-refractivity contribution in [2.24, 2.45) is 0 Å². The van der Waals surface area contributed by atoms with Gasteiger partial charge in [-0.2, -0.15) is 11.8 Å². The average molecular weight is 1460 g/mol. The molecular formula is C80H95BIN4O11S. The Bertz CT molecular complexity index is 3650. The van der Waals surface area contributed by atoms with Crippen LogP contribution < -0.4 is 39.4 Å². The highest BCUT2D eigenvalue weighted by Gasteiger charge is 2.23. The maximum atomic E-state index is 11.9. The SMILES string of the molecule is CCOC(=O)CCCCCCI.CCOC(=O)CCCCCCN1Cc2ccccc2Oc2ccccc21.CSC.O=C(CO)CCCCCCN1Cc2ccccc2Oc2ccccc21.O=C1Nc2ccccc2Oc2ccccc21.[B].c1ccc2c(c1)CNc1ccccc1O2. The molecule has 0 unspecified atom stereocenters. The molecule has 4 aliphatic rings. The van der Waals surface area contributed by atoms with Crippen molar-refractivity contribution in [3.05, 3.63) is 216 Å². The highest BCUT2D eigenvalue weighted by Crippen LogP contribution is 2.41. The number of hydrogen-bond acceptors (Lipinski definition) is 15. The van der Waals surface area contributed by atoms with E-state index >= 15 is 0 Å². The van der Waals surface area contributed by atoms with Crippen molar-refractivity contribution >= 4 is 89.1 Å². The van der Waals surface area contributed by atoms with Crippen molar-refractivity contribution < 1.29 is 52.7 Å². The maximum Gasteiger partial charge on any atom is 0.305 e. The molecule has 0 bridgehead atoms. The number of thioether (sulfide) groups is 1. The number of aliphatic hydroxyl groups excluding tert-OH is 1. The number of nitrogens with zero attached hydrogens (tertiary/aromatic N) is 2. The van der Waals surface area contributed by atoms with Crippen molar-refractivity contribution in [3.8, 4) is 46.0 Å². The molecule has 4 heterocycles. The number of benzene rings is 8. The van der Waals surface area contributed by atoms with Gasteiger partial charge in [-0.15, -0.1) is 0 Å². The Morgan fingerprint density at radius 2 is 0.827 bits per heavy atom. The van der Waals surface area contributed by atoms with Crippen LogP contribution in [0.2, 0.25) is 0 Å². The number of nitrogens with one attached hydrogen (secondary N) is 2. The monoisotopic (exact) mass is 1460 g/mol. The van der Waals surface area contributed by atoms with Crippen LogP contribution in [0.5, 0.6) is 46.0 Å². The number of carbonyl (C=O) groups excluding carboxylic acids is 4. The predicted octanol–water partition coefficient (Wildman–Crippen LogP) is 19.6. The third kappa shape index (κ3) is 26.4. The number of anilines is 4. The molecule has 4 aliphatic heterocycles. The van der Waals surface area contributed by atoms with E-state index in [4.69, 9.17) is 33.5 Å². The minimum absolute atomic E-state index is 0. The van der Waals surface area contributed by atoms with Crippen molar-refractivity contribution in [3.63, 3.8) is 0 Å². The van der Waals surface area contributed by atoms with Gasteiger partial charge in [0.2, 0.25) is 0 Å². The first-order valence-corrected chi connectivity index (χ1v) is 37.1. The van der Waals surface area contributed by atoms with E-state index in [1.807, 2.05) is 160 Å². The second kappa shape index (κ2) is 45.2. The van der Waals surface area contributed by atoms with E-state index in [-0.39, 0.29) is 38.6 Å². The lowest BCUT2D eigenvalue weighted by atomic mass is 10.1. The third-order valence-corrected chi connectivity index (χ3v) is 16.6. The van der Waals surface area contributed by atoms with Gasteiger partial charge in [-0.25, -0.2) is 0 Å². The van der Waals surface area contributed by atoms with Gasteiger partial charge in [-0.3, -0.25) is 19.2 Å². The molecule has 8 aromatic rings. The number of aliphatic hydroxyl groups is 1. The lowest BCUT2D eigenvalue weighted by Gasteiger charge is -2.24. The van der Waals surface area contributed by atoms with E-state index in [0.29, 0.717) is 55.2 Å². The molecule has 1 amide bonds. The Kier molecular flexibility index (Phi) is 36.2. The van der Waals surface area contributed by atoms with E-state index in [1.54, 1.807) is 23.9 Å².